The second-order valence-electron chi connectivity index (χ2n) is 4.61. The zero-order chi connectivity index (χ0) is 15.5. The number of carbonyl (C=O) groups excluding carboxylic acids is 2. The van der Waals surface area contributed by atoms with Gasteiger partial charge in [0.05, 0.1) is 5.69 Å². The third-order valence-corrected chi connectivity index (χ3v) is 3.97. The first-order valence-electron chi connectivity index (χ1n) is 6.60. The molecule has 1 aromatic heterocycles. The van der Waals surface area contributed by atoms with Crippen LogP contribution in [0.15, 0.2) is 59.4 Å². The van der Waals surface area contributed by atoms with Crippen molar-refractivity contribution in [3.63, 3.8) is 0 Å². The number of urea groups is 1. The van der Waals surface area contributed by atoms with Crippen LogP contribution in [0.2, 0.25) is 0 Å². The van der Waals surface area contributed by atoms with Gasteiger partial charge in [-0.25, -0.2) is 9.69 Å². The first kappa shape index (κ1) is 14.3. The van der Waals surface area contributed by atoms with E-state index in [1.54, 1.807) is 54.5 Å². The van der Waals surface area contributed by atoms with Crippen molar-refractivity contribution in [3.8, 4) is 0 Å². The highest BCUT2D eigenvalue weighted by atomic mass is 32.2. The molecule has 1 aliphatic heterocycles. The van der Waals surface area contributed by atoms with Crippen molar-refractivity contribution in [3.05, 3.63) is 60.1 Å². The molecule has 0 spiro atoms. The number of amides is 3. The maximum Gasteiger partial charge on any atom is 0.333 e. The third kappa shape index (κ3) is 2.73. The van der Waals surface area contributed by atoms with Crippen LogP contribution in [-0.2, 0) is 4.79 Å². The van der Waals surface area contributed by atoms with Gasteiger partial charge in [-0.15, -0.1) is 11.8 Å². The first-order valence-corrected chi connectivity index (χ1v) is 7.83. The van der Waals surface area contributed by atoms with Crippen LogP contribution < -0.4 is 10.2 Å². The summed E-state index contributed by atoms with van der Waals surface area (Å²) >= 11 is 1.60. The molecule has 6 heteroatoms. The van der Waals surface area contributed by atoms with Gasteiger partial charge >= 0.3 is 6.03 Å². The number of nitrogens with one attached hydrogen (secondary N) is 1. The monoisotopic (exact) mass is 311 g/mol. The molecule has 2 heterocycles. The standard InChI is InChI=1S/C16H13N3O2S/c1-22-13-4-2-12(3-5-13)19-15(20)14(18-16(19)21)10-11-6-8-17-9-7-11/h2-10H,1H3,(H,18,21). The molecule has 1 saturated heterocycles. The molecule has 0 saturated carbocycles. The van der Waals surface area contributed by atoms with Gasteiger partial charge in [0.25, 0.3) is 5.91 Å². The molecule has 0 unspecified atom stereocenters. The predicted octanol–water partition coefficient (Wildman–Crippen LogP) is 2.90. The molecule has 22 heavy (non-hydrogen) atoms. The fourth-order valence-electron chi connectivity index (χ4n) is 2.13. The van der Waals surface area contributed by atoms with Crippen LogP contribution in [0.5, 0.6) is 0 Å². The van der Waals surface area contributed by atoms with Gasteiger partial charge in [0.1, 0.15) is 5.70 Å². The first-order chi connectivity index (χ1) is 10.7. The normalized spacial score (nSPS) is 16.2. The highest BCUT2D eigenvalue weighted by Crippen LogP contribution is 2.24. The van der Waals surface area contributed by atoms with E-state index in [1.165, 1.54) is 0 Å². The number of benzene rings is 1. The Morgan fingerprint density at radius 3 is 2.41 bits per heavy atom. The van der Waals surface area contributed by atoms with Gasteiger partial charge in [0.15, 0.2) is 0 Å². The summed E-state index contributed by atoms with van der Waals surface area (Å²) in [5, 5.41) is 2.60. The Balaban J connectivity index is 1.89. The number of rotatable bonds is 3. The number of pyridine rings is 1. The molecule has 5 nitrogen and oxygen atoms in total. The zero-order valence-electron chi connectivity index (χ0n) is 11.8. The molecule has 0 radical (unpaired) electrons. The molecule has 1 fully saturated rings. The van der Waals surface area contributed by atoms with Crippen LogP contribution in [0.25, 0.3) is 6.08 Å². The van der Waals surface area contributed by atoms with E-state index in [2.05, 4.69) is 10.3 Å². The van der Waals surface area contributed by atoms with Crippen molar-refractivity contribution in [1.82, 2.24) is 10.3 Å². The average Bonchev–Trinajstić information content (AvgIpc) is 2.82. The lowest BCUT2D eigenvalue weighted by Crippen LogP contribution is -2.30. The Morgan fingerprint density at radius 2 is 1.77 bits per heavy atom. The summed E-state index contributed by atoms with van der Waals surface area (Å²) in [6, 6.07) is 10.4. The van der Waals surface area contributed by atoms with Crippen LogP contribution in [0, 0.1) is 0 Å². The molecule has 0 bridgehead atoms. The lowest BCUT2D eigenvalue weighted by Gasteiger charge is -2.11. The highest BCUT2D eigenvalue weighted by molar-refractivity contribution is 7.98. The van der Waals surface area contributed by atoms with Crippen LogP contribution in [0.1, 0.15) is 5.56 Å². The number of anilines is 1. The minimum atomic E-state index is -0.442. The number of thioether (sulfide) groups is 1. The molecular weight excluding hydrogens is 298 g/mol. The fraction of sp³-hybridized carbons (Fsp3) is 0.0625. The number of hydrogen-bond acceptors (Lipinski definition) is 4. The Labute approximate surface area is 132 Å². The van der Waals surface area contributed by atoms with Gasteiger partial charge in [0, 0.05) is 17.3 Å². The maximum atomic E-state index is 12.4. The Bertz CT molecular complexity index is 742. The van der Waals surface area contributed by atoms with Crippen molar-refractivity contribution in [2.45, 2.75) is 4.90 Å². The summed E-state index contributed by atoms with van der Waals surface area (Å²) < 4.78 is 0. The summed E-state index contributed by atoms with van der Waals surface area (Å²) in [6.07, 6.45) is 6.87. The minimum absolute atomic E-state index is 0.255. The predicted molar refractivity (Wildman–Crippen MR) is 86.5 cm³/mol. The summed E-state index contributed by atoms with van der Waals surface area (Å²) in [4.78, 5) is 30.6. The van der Waals surface area contributed by atoms with E-state index in [0.717, 1.165) is 15.4 Å². The fourth-order valence-corrected chi connectivity index (χ4v) is 2.54. The van der Waals surface area contributed by atoms with Crippen LogP contribution in [0.3, 0.4) is 0 Å². The Morgan fingerprint density at radius 1 is 1.09 bits per heavy atom. The Kier molecular flexibility index (Phi) is 3.93. The number of nitrogens with zero attached hydrogens (tertiary/aromatic N) is 2. The van der Waals surface area contributed by atoms with Crippen molar-refractivity contribution < 1.29 is 9.59 Å². The zero-order valence-corrected chi connectivity index (χ0v) is 12.6. The van der Waals surface area contributed by atoms with E-state index >= 15 is 0 Å². The smallest absolute Gasteiger partial charge is 0.302 e. The second-order valence-corrected chi connectivity index (χ2v) is 5.49. The van der Waals surface area contributed by atoms with Crippen molar-refractivity contribution in [2.24, 2.45) is 0 Å². The van der Waals surface area contributed by atoms with Crippen LogP contribution in [-0.4, -0.2) is 23.2 Å². The second kappa shape index (κ2) is 6.03. The molecular formula is C16H13N3O2S. The van der Waals surface area contributed by atoms with Crippen molar-refractivity contribution >= 4 is 35.5 Å². The summed E-state index contributed by atoms with van der Waals surface area (Å²) in [5.41, 5.74) is 1.61. The lowest BCUT2D eigenvalue weighted by atomic mass is 10.2. The van der Waals surface area contributed by atoms with Crippen molar-refractivity contribution in [1.29, 1.82) is 0 Å². The van der Waals surface area contributed by atoms with Crippen molar-refractivity contribution in [2.75, 3.05) is 11.2 Å². The van der Waals surface area contributed by atoms with Gasteiger partial charge in [0.2, 0.25) is 0 Å². The number of imide groups is 1. The highest BCUT2D eigenvalue weighted by Gasteiger charge is 2.34. The topological polar surface area (TPSA) is 62.3 Å². The number of hydrogen-bond donors (Lipinski definition) is 1. The van der Waals surface area contributed by atoms with Crippen LogP contribution in [0.4, 0.5) is 10.5 Å². The Hall–Kier alpha value is -2.60. The summed E-state index contributed by atoms with van der Waals surface area (Å²) in [7, 11) is 0. The lowest BCUT2D eigenvalue weighted by molar-refractivity contribution is -0.113. The molecule has 1 aromatic carbocycles. The van der Waals surface area contributed by atoms with Gasteiger partial charge in [-0.1, -0.05) is 0 Å². The van der Waals surface area contributed by atoms with E-state index in [0.29, 0.717) is 5.69 Å². The molecule has 1 N–H and O–H groups in total. The van der Waals surface area contributed by atoms with Gasteiger partial charge in [-0.2, -0.15) is 0 Å². The largest absolute Gasteiger partial charge is 0.333 e. The summed E-state index contributed by atoms with van der Waals surface area (Å²) in [5.74, 6) is -0.362. The average molecular weight is 311 g/mol. The number of aromatic nitrogens is 1. The SMILES string of the molecule is CSc1ccc(N2C(=O)NC(=Cc3ccncc3)C2=O)cc1. The molecule has 3 rings (SSSR count). The van der Waals surface area contributed by atoms with E-state index in [-0.39, 0.29) is 11.6 Å². The molecule has 2 aromatic rings. The van der Waals surface area contributed by atoms with Gasteiger partial charge in [-0.3, -0.25) is 9.78 Å². The van der Waals surface area contributed by atoms with E-state index in [1.807, 2.05) is 18.4 Å². The molecule has 1 aliphatic rings. The molecule has 110 valence electrons. The van der Waals surface area contributed by atoms with E-state index in [9.17, 15) is 9.59 Å². The van der Waals surface area contributed by atoms with E-state index < -0.39 is 6.03 Å². The van der Waals surface area contributed by atoms with E-state index in [4.69, 9.17) is 0 Å². The molecule has 3 amide bonds. The molecule has 0 aliphatic carbocycles. The van der Waals surface area contributed by atoms with Gasteiger partial charge in [-0.05, 0) is 54.3 Å². The summed E-state index contributed by atoms with van der Waals surface area (Å²) in [6.45, 7) is 0. The molecule has 0 atom stereocenters. The third-order valence-electron chi connectivity index (χ3n) is 3.23. The quantitative estimate of drug-likeness (QED) is 0.538. The van der Waals surface area contributed by atoms with Crippen LogP contribution >= 0.6 is 11.8 Å². The minimum Gasteiger partial charge on any atom is -0.302 e. The van der Waals surface area contributed by atoms with Gasteiger partial charge < -0.3 is 5.32 Å². The maximum absolute atomic E-state index is 12.4. The number of carbonyl (C=O) groups is 2.